The number of hydrogen-bond donors (Lipinski definition) is 1. The SMILES string of the molecule is OC1(C#Cc2ccccc2)c2ccccc2Cc2ccccc21. The first kappa shape index (κ1) is 13.8. The van der Waals surface area contributed by atoms with Gasteiger partial charge in [-0.25, -0.2) is 0 Å². The largest absolute Gasteiger partial charge is 0.369 e. The Morgan fingerprint density at radius 2 is 1.22 bits per heavy atom. The highest BCUT2D eigenvalue weighted by Gasteiger charge is 2.36. The van der Waals surface area contributed by atoms with Gasteiger partial charge < -0.3 is 5.11 Å². The van der Waals surface area contributed by atoms with Gasteiger partial charge in [0.05, 0.1) is 0 Å². The van der Waals surface area contributed by atoms with Crippen molar-refractivity contribution in [2.75, 3.05) is 0 Å². The molecule has 0 atom stereocenters. The molecule has 0 aliphatic heterocycles. The topological polar surface area (TPSA) is 20.2 Å². The van der Waals surface area contributed by atoms with E-state index < -0.39 is 5.60 Å². The van der Waals surface area contributed by atoms with Crippen molar-refractivity contribution in [3.05, 3.63) is 107 Å². The van der Waals surface area contributed by atoms with E-state index in [1.807, 2.05) is 66.7 Å². The molecule has 0 aromatic heterocycles. The van der Waals surface area contributed by atoms with Gasteiger partial charge in [-0.2, -0.15) is 0 Å². The van der Waals surface area contributed by atoms with Crippen molar-refractivity contribution >= 4 is 0 Å². The van der Waals surface area contributed by atoms with E-state index in [1.54, 1.807) is 0 Å². The van der Waals surface area contributed by atoms with Gasteiger partial charge in [0.1, 0.15) is 0 Å². The second-order valence-corrected chi connectivity index (χ2v) is 5.82. The van der Waals surface area contributed by atoms with Gasteiger partial charge >= 0.3 is 0 Å². The number of rotatable bonds is 0. The summed E-state index contributed by atoms with van der Waals surface area (Å²) in [7, 11) is 0. The summed E-state index contributed by atoms with van der Waals surface area (Å²) < 4.78 is 0. The van der Waals surface area contributed by atoms with Crippen molar-refractivity contribution < 1.29 is 5.11 Å². The zero-order chi connectivity index (χ0) is 15.7. The van der Waals surface area contributed by atoms with Gasteiger partial charge in [-0.15, -0.1) is 0 Å². The third kappa shape index (κ3) is 2.34. The average molecular weight is 296 g/mol. The summed E-state index contributed by atoms with van der Waals surface area (Å²) in [6.45, 7) is 0. The fraction of sp³-hybridized carbons (Fsp3) is 0.0909. The molecule has 3 aromatic carbocycles. The van der Waals surface area contributed by atoms with Crippen LogP contribution in [0, 0.1) is 11.8 Å². The highest BCUT2D eigenvalue weighted by atomic mass is 16.3. The summed E-state index contributed by atoms with van der Waals surface area (Å²) in [5, 5.41) is 11.5. The molecule has 0 bridgehead atoms. The number of hydrogen-bond acceptors (Lipinski definition) is 1. The van der Waals surface area contributed by atoms with Gasteiger partial charge in [0.25, 0.3) is 0 Å². The summed E-state index contributed by atoms with van der Waals surface area (Å²) in [5.74, 6) is 6.27. The van der Waals surface area contributed by atoms with E-state index >= 15 is 0 Å². The Kier molecular flexibility index (Phi) is 3.26. The highest BCUT2D eigenvalue weighted by molar-refractivity contribution is 5.57. The van der Waals surface area contributed by atoms with Gasteiger partial charge in [-0.1, -0.05) is 78.6 Å². The maximum absolute atomic E-state index is 11.5. The van der Waals surface area contributed by atoms with E-state index in [0.717, 1.165) is 34.2 Å². The van der Waals surface area contributed by atoms with Crippen LogP contribution < -0.4 is 0 Å². The minimum absolute atomic E-state index is 0.835. The molecular formula is C22H16O. The maximum Gasteiger partial charge on any atom is 0.177 e. The van der Waals surface area contributed by atoms with E-state index in [9.17, 15) is 5.11 Å². The number of benzene rings is 3. The van der Waals surface area contributed by atoms with Crippen molar-refractivity contribution in [1.82, 2.24) is 0 Å². The minimum atomic E-state index is -1.26. The Labute approximate surface area is 136 Å². The lowest BCUT2D eigenvalue weighted by Gasteiger charge is -2.32. The molecule has 1 N–H and O–H groups in total. The Morgan fingerprint density at radius 3 is 1.83 bits per heavy atom. The van der Waals surface area contributed by atoms with Crippen molar-refractivity contribution in [1.29, 1.82) is 0 Å². The third-order valence-electron chi connectivity index (χ3n) is 4.36. The summed E-state index contributed by atoms with van der Waals surface area (Å²) in [6, 6.07) is 25.8. The molecular weight excluding hydrogens is 280 g/mol. The van der Waals surface area contributed by atoms with E-state index in [0.29, 0.717) is 0 Å². The van der Waals surface area contributed by atoms with Crippen LogP contribution in [0.5, 0.6) is 0 Å². The summed E-state index contributed by atoms with van der Waals surface area (Å²) in [5.41, 5.74) is 3.69. The Morgan fingerprint density at radius 1 is 0.696 bits per heavy atom. The first-order valence-corrected chi connectivity index (χ1v) is 7.75. The smallest absolute Gasteiger partial charge is 0.177 e. The zero-order valence-electron chi connectivity index (χ0n) is 12.7. The molecule has 1 heteroatoms. The molecule has 23 heavy (non-hydrogen) atoms. The van der Waals surface area contributed by atoms with Crippen LogP contribution in [0.15, 0.2) is 78.9 Å². The van der Waals surface area contributed by atoms with Gasteiger partial charge in [-0.3, -0.25) is 0 Å². The molecule has 0 fully saturated rings. The van der Waals surface area contributed by atoms with Crippen molar-refractivity contribution in [2.24, 2.45) is 0 Å². The molecule has 3 aromatic rings. The van der Waals surface area contributed by atoms with Crippen LogP contribution in [0.4, 0.5) is 0 Å². The van der Waals surface area contributed by atoms with E-state index in [4.69, 9.17) is 0 Å². The highest BCUT2D eigenvalue weighted by Crippen LogP contribution is 2.39. The van der Waals surface area contributed by atoms with E-state index in [2.05, 4.69) is 24.0 Å². The first-order chi connectivity index (χ1) is 11.3. The van der Waals surface area contributed by atoms with Crippen molar-refractivity contribution in [3.8, 4) is 11.8 Å². The summed E-state index contributed by atoms with van der Waals surface area (Å²) in [4.78, 5) is 0. The van der Waals surface area contributed by atoms with Crippen LogP contribution in [0.3, 0.4) is 0 Å². The van der Waals surface area contributed by atoms with E-state index in [-0.39, 0.29) is 0 Å². The number of fused-ring (bicyclic) bond motifs is 2. The van der Waals surface area contributed by atoms with Crippen LogP contribution in [-0.4, -0.2) is 5.11 Å². The summed E-state index contributed by atoms with van der Waals surface area (Å²) >= 11 is 0. The van der Waals surface area contributed by atoms with Gasteiger partial charge in [-0.05, 0) is 29.7 Å². The Hall–Kier alpha value is -2.82. The fourth-order valence-corrected chi connectivity index (χ4v) is 3.22. The molecule has 0 saturated heterocycles. The predicted octanol–water partition coefficient (Wildman–Crippen LogP) is 3.88. The zero-order valence-corrected chi connectivity index (χ0v) is 12.7. The van der Waals surface area contributed by atoms with E-state index in [1.165, 1.54) is 0 Å². The van der Waals surface area contributed by atoms with Crippen LogP contribution >= 0.6 is 0 Å². The first-order valence-electron chi connectivity index (χ1n) is 7.75. The Balaban J connectivity index is 1.92. The van der Waals surface area contributed by atoms with Crippen LogP contribution in [-0.2, 0) is 12.0 Å². The molecule has 0 radical (unpaired) electrons. The van der Waals surface area contributed by atoms with Gasteiger partial charge in [0, 0.05) is 16.7 Å². The third-order valence-corrected chi connectivity index (χ3v) is 4.36. The van der Waals surface area contributed by atoms with Crippen LogP contribution in [0.25, 0.3) is 0 Å². The second-order valence-electron chi connectivity index (χ2n) is 5.82. The molecule has 4 rings (SSSR count). The van der Waals surface area contributed by atoms with Crippen molar-refractivity contribution in [2.45, 2.75) is 12.0 Å². The maximum atomic E-state index is 11.5. The number of aliphatic hydroxyl groups is 1. The molecule has 0 saturated carbocycles. The van der Waals surface area contributed by atoms with Crippen molar-refractivity contribution in [3.63, 3.8) is 0 Å². The molecule has 0 unspecified atom stereocenters. The van der Waals surface area contributed by atoms with Crippen LogP contribution in [0.2, 0.25) is 0 Å². The predicted molar refractivity (Wildman–Crippen MR) is 92.0 cm³/mol. The molecule has 0 spiro atoms. The van der Waals surface area contributed by atoms with Gasteiger partial charge in [0.15, 0.2) is 5.60 Å². The lowest BCUT2D eigenvalue weighted by atomic mass is 9.75. The molecule has 110 valence electrons. The molecule has 0 heterocycles. The normalized spacial score (nSPS) is 14.1. The standard InChI is InChI=1S/C22H16O/c23-22(15-14-17-8-2-1-3-9-17)20-12-6-4-10-18(20)16-19-11-5-7-13-21(19)22/h1-13,23H,16H2. The lowest BCUT2D eigenvalue weighted by molar-refractivity contribution is 0.140. The van der Waals surface area contributed by atoms with Gasteiger partial charge in [0.2, 0.25) is 0 Å². The monoisotopic (exact) mass is 296 g/mol. The molecule has 1 aliphatic rings. The molecule has 1 aliphatic carbocycles. The summed E-state index contributed by atoms with van der Waals surface area (Å²) in [6.07, 6.45) is 0.835. The molecule has 0 amide bonds. The lowest BCUT2D eigenvalue weighted by Crippen LogP contribution is -2.31. The fourth-order valence-electron chi connectivity index (χ4n) is 3.22. The molecule has 1 nitrogen and oxygen atoms in total. The minimum Gasteiger partial charge on any atom is -0.369 e. The average Bonchev–Trinajstić information content (AvgIpc) is 2.61. The van der Waals surface area contributed by atoms with Crippen LogP contribution in [0.1, 0.15) is 27.8 Å². The Bertz CT molecular complexity index is 868. The quantitative estimate of drug-likeness (QED) is 0.624. The second kappa shape index (κ2) is 5.43.